The van der Waals surface area contributed by atoms with Crippen molar-refractivity contribution >= 4 is 15.7 Å². The van der Waals surface area contributed by atoms with Crippen molar-refractivity contribution in [1.29, 1.82) is 0 Å². The Labute approximate surface area is 199 Å². The van der Waals surface area contributed by atoms with E-state index in [0.717, 1.165) is 11.3 Å². The van der Waals surface area contributed by atoms with Crippen molar-refractivity contribution in [3.05, 3.63) is 84.4 Å². The first kappa shape index (κ1) is 22.3. The summed E-state index contributed by atoms with van der Waals surface area (Å²) in [6, 6.07) is 24.6. The molecule has 34 heavy (non-hydrogen) atoms. The van der Waals surface area contributed by atoms with Gasteiger partial charge >= 0.3 is 0 Å². The van der Waals surface area contributed by atoms with E-state index in [0.29, 0.717) is 31.0 Å². The lowest BCUT2D eigenvalue weighted by molar-refractivity contribution is 0.342. The number of sulfonamides is 1. The fourth-order valence-corrected chi connectivity index (χ4v) is 6.07. The molecule has 1 aliphatic heterocycles. The molecular formula is C26H26N4O3S. The molecule has 0 amide bonds. The summed E-state index contributed by atoms with van der Waals surface area (Å²) in [4.78, 5) is 6.91. The van der Waals surface area contributed by atoms with Gasteiger partial charge in [0, 0.05) is 36.9 Å². The van der Waals surface area contributed by atoms with Crippen LogP contribution in [0.15, 0.2) is 88.3 Å². The summed E-state index contributed by atoms with van der Waals surface area (Å²) >= 11 is 0. The third-order valence-corrected chi connectivity index (χ3v) is 8.04. The highest BCUT2D eigenvalue weighted by atomic mass is 32.2. The molecule has 0 N–H and O–H groups in total. The van der Waals surface area contributed by atoms with Crippen LogP contribution < -0.4 is 4.90 Å². The number of aryl methyl sites for hydroxylation is 1. The van der Waals surface area contributed by atoms with Gasteiger partial charge in [-0.05, 0) is 43.7 Å². The quantitative estimate of drug-likeness (QED) is 0.420. The summed E-state index contributed by atoms with van der Waals surface area (Å²) in [5, 5.41) is 4.06. The highest BCUT2D eigenvalue weighted by Gasteiger charge is 2.34. The fourth-order valence-electron chi connectivity index (χ4n) is 4.38. The number of hydrogen-bond acceptors (Lipinski definition) is 6. The van der Waals surface area contributed by atoms with E-state index in [4.69, 9.17) is 4.52 Å². The Morgan fingerprint density at radius 3 is 2.47 bits per heavy atom. The predicted octanol–water partition coefficient (Wildman–Crippen LogP) is 4.61. The van der Waals surface area contributed by atoms with Crippen LogP contribution >= 0.6 is 0 Å². The number of nitrogens with zero attached hydrogens (tertiary/aromatic N) is 4. The fraction of sp³-hybridized carbons (Fsp3) is 0.231. The van der Waals surface area contributed by atoms with Gasteiger partial charge in [0.25, 0.3) is 5.89 Å². The smallest absolute Gasteiger partial charge is 0.259 e. The van der Waals surface area contributed by atoms with Gasteiger partial charge in [-0.25, -0.2) is 8.42 Å². The average Bonchev–Trinajstić information content (AvgIpc) is 3.35. The molecule has 0 bridgehead atoms. The zero-order chi connectivity index (χ0) is 23.7. The molecule has 1 fully saturated rings. The molecule has 3 aromatic carbocycles. The van der Waals surface area contributed by atoms with Crippen molar-refractivity contribution < 1.29 is 12.9 Å². The van der Waals surface area contributed by atoms with Crippen LogP contribution in [0.1, 0.15) is 12.5 Å². The van der Waals surface area contributed by atoms with Crippen molar-refractivity contribution in [2.45, 2.75) is 24.8 Å². The molecule has 174 valence electrons. The van der Waals surface area contributed by atoms with E-state index < -0.39 is 10.0 Å². The molecule has 1 aliphatic rings. The van der Waals surface area contributed by atoms with E-state index >= 15 is 0 Å². The Balaban J connectivity index is 1.42. The molecule has 7 nitrogen and oxygen atoms in total. The van der Waals surface area contributed by atoms with Gasteiger partial charge < -0.3 is 9.42 Å². The predicted molar refractivity (Wildman–Crippen MR) is 132 cm³/mol. The van der Waals surface area contributed by atoms with Crippen LogP contribution in [0.2, 0.25) is 0 Å². The SMILES string of the molecule is Cc1cccc(N2CCN(S(=O)(=O)c3ccccc3-c3nc(-c4ccccc4)no3)CC2C)c1. The summed E-state index contributed by atoms with van der Waals surface area (Å²) < 4.78 is 34.5. The van der Waals surface area contributed by atoms with E-state index in [9.17, 15) is 8.42 Å². The molecular weight excluding hydrogens is 448 g/mol. The number of hydrogen-bond donors (Lipinski definition) is 0. The second-order valence-corrected chi connectivity index (χ2v) is 10.4. The maximum Gasteiger partial charge on any atom is 0.259 e. The zero-order valence-electron chi connectivity index (χ0n) is 19.1. The summed E-state index contributed by atoms with van der Waals surface area (Å²) in [5.74, 6) is 0.604. The highest BCUT2D eigenvalue weighted by Crippen LogP contribution is 2.31. The second-order valence-electron chi connectivity index (χ2n) is 8.53. The summed E-state index contributed by atoms with van der Waals surface area (Å²) in [5.41, 5.74) is 3.51. The number of anilines is 1. The third kappa shape index (κ3) is 4.22. The van der Waals surface area contributed by atoms with Crippen LogP contribution in [0.4, 0.5) is 5.69 Å². The van der Waals surface area contributed by atoms with Gasteiger partial charge in [0.15, 0.2) is 0 Å². The molecule has 8 heteroatoms. The van der Waals surface area contributed by atoms with E-state index in [1.165, 1.54) is 5.56 Å². The number of benzene rings is 3. The monoisotopic (exact) mass is 474 g/mol. The number of aromatic nitrogens is 2. The lowest BCUT2D eigenvalue weighted by Crippen LogP contribution is -2.53. The topological polar surface area (TPSA) is 79.5 Å². The van der Waals surface area contributed by atoms with Crippen molar-refractivity contribution in [1.82, 2.24) is 14.4 Å². The van der Waals surface area contributed by atoms with Crippen LogP contribution in [0, 0.1) is 6.92 Å². The van der Waals surface area contributed by atoms with Gasteiger partial charge in [-0.15, -0.1) is 0 Å². The van der Waals surface area contributed by atoms with Gasteiger partial charge in [-0.2, -0.15) is 9.29 Å². The van der Waals surface area contributed by atoms with Crippen molar-refractivity contribution in [3.8, 4) is 22.8 Å². The molecule has 4 aromatic rings. The lowest BCUT2D eigenvalue weighted by atomic mass is 10.1. The van der Waals surface area contributed by atoms with E-state index in [1.807, 2.05) is 36.4 Å². The molecule has 0 radical (unpaired) electrons. The Hall–Kier alpha value is -3.49. The molecule has 1 aromatic heterocycles. The van der Waals surface area contributed by atoms with Gasteiger partial charge in [-0.1, -0.05) is 59.8 Å². The number of piperazine rings is 1. The maximum atomic E-state index is 13.7. The summed E-state index contributed by atoms with van der Waals surface area (Å²) in [6.07, 6.45) is 0. The Morgan fingerprint density at radius 1 is 0.941 bits per heavy atom. The first-order valence-corrected chi connectivity index (χ1v) is 12.7. The molecule has 1 unspecified atom stereocenters. The van der Waals surface area contributed by atoms with Crippen LogP contribution in [0.3, 0.4) is 0 Å². The molecule has 5 rings (SSSR count). The lowest BCUT2D eigenvalue weighted by Gasteiger charge is -2.40. The van der Waals surface area contributed by atoms with Gasteiger partial charge in [0.05, 0.1) is 10.5 Å². The van der Waals surface area contributed by atoms with Crippen LogP contribution in [-0.2, 0) is 10.0 Å². The van der Waals surface area contributed by atoms with Gasteiger partial charge in [0.2, 0.25) is 15.8 Å². The average molecular weight is 475 g/mol. The second kappa shape index (κ2) is 9.04. The van der Waals surface area contributed by atoms with Crippen LogP contribution in [0.25, 0.3) is 22.8 Å². The molecule has 1 atom stereocenters. The van der Waals surface area contributed by atoms with Crippen molar-refractivity contribution in [2.75, 3.05) is 24.5 Å². The standard InChI is InChI=1S/C26H26N4O3S/c1-19-9-8-12-22(17-19)30-16-15-29(18-20(30)2)34(31,32)24-14-7-6-13-23(24)26-27-25(28-33-26)21-10-4-3-5-11-21/h3-14,17,20H,15-16,18H2,1-2H3. The highest BCUT2D eigenvalue weighted by molar-refractivity contribution is 7.89. The van der Waals surface area contributed by atoms with E-state index in [-0.39, 0.29) is 16.8 Å². The Kier molecular flexibility index (Phi) is 5.93. The van der Waals surface area contributed by atoms with Gasteiger partial charge in [-0.3, -0.25) is 0 Å². The Bertz CT molecular complexity index is 1400. The first-order valence-electron chi connectivity index (χ1n) is 11.3. The molecule has 2 heterocycles. The largest absolute Gasteiger partial charge is 0.366 e. The Morgan fingerprint density at radius 2 is 1.71 bits per heavy atom. The van der Waals surface area contributed by atoms with E-state index in [2.05, 4.69) is 47.1 Å². The number of rotatable bonds is 5. The minimum atomic E-state index is -3.76. The van der Waals surface area contributed by atoms with Crippen molar-refractivity contribution in [2.24, 2.45) is 0 Å². The van der Waals surface area contributed by atoms with E-state index in [1.54, 1.807) is 28.6 Å². The normalized spacial score (nSPS) is 17.1. The third-order valence-electron chi connectivity index (χ3n) is 6.12. The molecule has 0 spiro atoms. The molecule has 1 saturated heterocycles. The zero-order valence-corrected chi connectivity index (χ0v) is 19.9. The minimum Gasteiger partial charge on any atom is -0.366 e. The van der Waals surface area contributed by atoms with Crippen molar-refractivity contribution in [3.63, 3.8) is 0 Å². The van der Waals surface area contributed by atoms with Crippen LogP contribution in [0.5, 0.6) is 0 Å². The summed E-state index contributed by atoms with van der Waals surface area (Å²) in [6.45, 7) is 5.52. The maximum absolute atomic E-state index is 13.7. The molecule has 0 saturated carbocycles. The first-order chi connectivity index (χ1) is 16.4. The molecule has 0 aliphatic carbocycles. The summed E-state index contributed by atoms with van der Waals surface area (Å²) in [7, 11) is -3.76. The van der Waals surface area contributed by atoms with Crippen LogP contribution in [-0.4, -0.2) is 48.5 Å². The van der Waals surface area contributed by atoms with Gasteiger partial charge in [0.1, 0.15) is 0 Å². The minimum absolute atomic E-state index is 0.0329.